The first kappa shape index (κ1) is 10.6. The molecule has 1 fully saturated rings. The molecule has 1 aliphatic carbocycles. The van der Waals surface area contributed by atoms with Gasteiger partial charge in [-0.2, -0.15) is 0 Å². The van der Waals surface area contributed by atoms with Gasteiger partial charge in [-0.15, -0.1) is 11.3 Å². The highest BCUT2D eigenvalue weighted by Crippen LogP contribution is 2.43. The summed E-state index contributed by atoms with van der Waals surface area (Å²) in [5, 5.41) is 3.53. The normalized spacial score (nSPS) is 22.3. The van der Waals surface area contributed by atoms with Crippen LogP contribution in [0.25, 0.3) is 0 Å². The molecule has 1 aliphatic heterocycles. The van der Waals surface area contributed by atoms with Crippen LogP contribution < -0.4 is 4.74 Å². The molecular weight excluding hydrogens is 242 g/mol. The minimum atomic E-state index is 0.437. The maximum absolute atomic E-state index is 5.72. The molecule has 2 aliphatic rings. The highest BCUT2D eigenvalue weighted by molar-refractivity contribution is 7.09. The zero-order valence-corrected chi connectivity index (χ0v) is 11.0. The minimum Gasteiger partial charge on any atom is -0.493 e. The fourth-order valence-electron chi connectivity index (χ4n) is 2.63. The van der Waals surface area contributed by atoms with E-state index in [0.717, 1.165) is 24.7 Å². The summed E-state index contributed by atoms with van der Waals surface area (Å²) in [6.45, 7) is 0.806. The Bertz CT molecular complexity index is 573. The van der Waals surface area contributed by atoms with Gasteiger partial charge in [0.1, 0.15) is 10.8 Å². The number of para-hydroxylation sites is 1. The molecular formula is C15H15NOS. The third kappa shape index (κ3) is 1.74. The van der Waals surface area contributed by atoms with Gasteiger partial charge in [0.15, 0.2) is 0 Å². The van der Waals surface area contributed by atoms with E-state index in [2.05, 4.69) is 23.6 Å². The molecule has 1 aromatic carbocycles. The second-order valence-corrected chi connectivity index (χ2v) is 6.00. The molecule has 0 bridgehead atoms. The number of benzene rings is 1. The van der Waals surface area contributed by atoms with Crippen LogP contribution in [0.5, 0.6) is 5.75 Å². The van der Waals surface area contributed by atoms with Crippen molar-refractivity contribution in [1.82, 2.24) is 4.98 Å². The average Bonchev–Trinajstić information content (AvgIpc) is 3.16. The van der Waals surface area contributed by atoms with E-state index in [9.17, 15) is 0 Å². The van der Waals surface area contributed by atoms with Crippen molar-refractivity contribution < 1.29 is 4.74 Å². The van der Waals surface area contributed by atoms with Crippen LogP contribution in [-0.2, 0) is 0 Å². The number of hydrogen-bond donors (Lipinski definition) is 0. The Balaban J connectivity index is 1.71. The van der Waals surface area contributed by atoms with Gasteiger partial charge in [0.25, 0.3) is 0 Å². The molecule has 18 heavy (non-hydrogen) atoms. The van der Waals surface area contributed by atoms with Crippen molar-refractivity contribution in [3.8, 4) is 5.75 Å². The van der Waals surface area contributed by atoms with Gasteiger partial charge in [-0.25, -0.2) is 4.98 Å². The lowest BCUT2D eigenvalue weighted by Crippen LogP contribution is -2.14. The van der Waals surface area contributed by atoms with E-state index >= 15 is 0 Å². The molecule has 2 nitrogen and oxygen atoms in total. The SMILES string of the molecule is c1ccc2c(c1)OCCC2c1nc(C2CC2)cs1. The molecule has 1 saturated carbocycles. The van der Waals surface area contributed by atoms with E-state index in [1.807, 2.05) is 17.4 Å². The van der Waals surface area contributed by atoms with Gasteiger partial charge in [-0.05, 0) is 25.3 Å². The molecule has 2 aromatic rings. The Morgan fingerprint density at radius 2 is 2.06 bits per heavy atom. The summed E-state index contributed by atoms with van der Waals surface area (Å²) in [6.07, 6.45) is 3.70. The number of fused-ring (bicyclic) bond motifs is 1. The quantitative estimate of drug-likeness (QED) is 0.813. The summed E-state index contributed by atoms with van der Waals surface area (Å²) in [5.74, 6) is 2.23. The molecule has 0 N–H and O–H groups in total. The van der Waals surface area contributed by atoms with Crippen LogP contribution >= 0.6 is 11.3 Å². The Morgan fingerprint density at radius 3 is 2.94 bits per heavy atom. The molecule has 0 spiro atoms. The van der Waals surface area contributed by atoms with Crippen LogP contribution in [0.2, 0.25) is 0 Å². The number of aromatic nitrogens is 1. The van der Waals surface area contributed by atoms with Gasteiger partial charge in [0, 0.05) is 22.8 Å². The lowest BCUT2D eigenvalue weighted by Gasteiger charge is -2.24. The fourth-order valence-corrected chi connectivity index (χ4v) is 3.68. The van der Waals surface area contributed by atoms with Crippen LogP contribution in [0.3, 0.4) is 0 Å². The highest BCUT2D eigenvalue weighted by Gasteiger charge is 2.29. The monoisotopic (exact) mass is 257 g/mol. The van der Waals surface area contributed by atoms with Crippen LogP contribution in [0.4, 0.5) is 0 Å². The van der Waals surface area contributed by atoms with Crippen LogP contribution in [0.1, 0.15) is 47.4 Å². The lowest BCUT2D eigenvalue weighted by atomic mass is 9.94. The van der Waals surface area contributed by atoms with Crippen LogP contribution in [0.15, 0.2) is 29.6 Å². The number of nitrogens with zero attached hydrogens (tertiary/aromatic N) is 1. The number of rotatable bonds is 2. The molecule has 4 rings (SSSR count). The molecule has 0 saturated heterocycles. The number of ether oxygens (including phenoxy) is 1. The summed E-state index contributed by atoms with van der Waals surface area (Å²) < 4.78 is 5.72. The lowest BCUT2D eigenvalue weighted by molar-refractivity contribution is 0.277. The molecule has 2 heterocycles. The van der Waals surface area contributed by atoms with Gasteiger partial charge in [0.05, 0.1) is 12.3 Å². The van der Waals surface area contributed by atoms with Crippen molar-refractivity contribution in [3.05, 3.63) is 45.9 Å². The molecule has 0 radical (unpaired) electrons. The number of thiazole rings is 1. The summed E-state index contributed by atoms with van der Waals surface area (Å²) in [7, 11) is 0. The summed E-state index contributed by atoms with van der Waals surface area (Å²) in [6, 6.07) is 8.38. The zero-order valence-electron chi connectivity index (χ0n) is 10.1. The van der Waals surface area contributed by atoms with E-state index in [0.29, 0.717) is 5.92 Å². The number of hydrogen-bond acceptors (Lipinski definition) is 3. The predicted molar refractivity (Wildman–Crippen MR) is 72.5 cm³/mol. The Hall–Kier alpha value is -1.35. The zero-order chi connectivity index (χ0) is 11.9. The largest absolute Gasteiger partial charge is 0.493 e. The summed E-state index contributed by atoms with van der Waals surface area (Å²) in [4.78, 5) is 4.86. The first-order valence-corrected chi connectivity index (χ1v) is 7.47. The van der Waals surface area contributed by atoms with Gasteiger partial charge >= 0.3 is 0 Å². The highest BCUT2D eigenvalue weighted by atomic mass is 32.1. The van der Waals surface area contributed by atoms with E-state index in [1.165, 1.54) is 29.1 Å². The van der Waals surface area contributed by atoms with E-state index < -0.39 is 0 Å². The first-order valence-electron chi connectivity index (χ1n) is 6.59. The smallest absolute Gasteiger partial charge is 0.123 e. The van der Waals surface area contributed by atoms with Gasteiger partial charge < -0.3 is 4.74 Å². The first-order chi connectivity index (χ1) is 8.92. The van der Waals surface area contributed by atoms with Crippen molar-refractivity contribution in [3.63, 3.8) is 0 Å². The van der Waals surface area contributed by atoms with Gasteiger partial charge in [-0.1, -0.05) is 18.2 Å². The van der Waals surface area contributed by atoms with Crippen molar-refractivity contribution in [2.24, 2.45) is 0 Å². The van der Waals surface area contributed by atoms with Crippen LogP contribution in [-0.4, -0.2) is 11.6 Å². The van der Waals surface area contributed by atoms with Crippen molar-refractivity contribution in [2.45, 2.75) is 31.1 Å². The Morgan fingerprint density at radius 1 is 1.17 bits per heavy atom. The predicted octanol–water partition coefficient (Wildman–Crippen LogP) is 3.93. The fraction of sp³-hybridized carbons (Fsp3) is 0.400. The standard InChI is InChI=1S/C15H15NOS/c1-2-4-14-11(3-1)12(7-8-17-14)15-16-13(9-18-15)10-5-6-10/h1-4,9-10,12H,5-8H2. The van der Waals surface area contributed by atoms with E-state index in [4.69, 9.17) is 9.72 Å². The molecule has 1 atom stereocenters. The topological polar surface area (TPSA) is 22.1 Å². The van der Waals surface area contributed by atoms with Gasteiger partial charge in [-0.3, -0.25) is 0 Å². The Labute approximate surface area is 111 Å². The minimum absolute atomic E-state index is 0.437. The third-order valence-electron chi connectivity index (χ3n) is 3.79. The average molecular weight is 257 g/mol. The second-order valence-electron chi connectivity index (χ2n) is 5.11. The maximum atomic E-state index is 5.72. The van der Waals surface area contributed by atoms with E-state index in [1.54, 1.807) is 0 Å². The molecule has 1 aromatic heterocycles. The van der Waals surface area contributed by atoms with Crippen molar-refractivity contribution >= 4 is 11.3 Å². The summed E-state index contributed by atoms with van der Waals surface area (Å²) in [5.41, 5.74) is 2.62. The van der Waals surface area contributed by atoms with Crippen molar-refractivity contribution in [2.75, 3.05) is 6.61 Å². The van der Waals surface area contributed by atoms with E-state index in [-0.39, 0.29) is 0 Å². The maximum Gasteiger partial charge on any atom is 0.123 e. The second kappa shape index (κ2) is 4.09. The third-order valence-corrected chi connectivity index (χ3v) is 4.77. The van der Waals surface area contributed by atoms with Gasteiger partial charge in [0.2, 0.25) is 0 Å². The van der Waals surface area contributed by atoms with Crippen LogP contribution in [0, 0.1) is 0 Å². The Kier molecular flexibility index (Phi) is 2.40. The molecule has 0 amide bonds. The summed E-state index contributed by atoms with van der Waals surface area (Å²) >= 11 is 1.82. The van der Waals surface area contributed by atoms with Crippen molar-refractivity contribution in [1.29, 1.82) is 0 Å². The molecule has 1 unspecified atom stereocenters. The molecule has 3 heteroatoms. The molecule has 92 valence electrons.